The number of benzene rings is 2. The Balaban J connectivity index is 0.00000119. The van der Waals surface area contributed by atoms with E-state index >= 15 is 0 Å². The third kappa shape index (κ3) is 2.88. The predicted octanol–water partition coefficient (Wildman–Crippen LogP) is 7.59. The van der Waals surface area contributed by atoms with Gasteiger partial charge in [0.05, 0.1) is 16.9 Å². The molecule has 4 nitrogen and oxygen atoms in total. The molecule has 3 heterocycles. The molecule has 0 aliphatic carbocycles. The molecular formula is C28H28N4. The lowest BCUT2D eigenvalue weighted by molar-refractivity contribution is 1.07. The van der Waals surface area contributed by atoms with E-state index in [4.69, 9.17) is 4.98 Å². The summed E-state index contributed by atoms with van der Waals surface area (Å²) in [6.45, 7) is 18.1. The molecule has 0 N–H and O–H groups in total. The Bertz CT molecular complexity index is 1490. The van der Waals surface area contributed by atoms with Gasteiger partial charge in [0, 0.05) is 16.8 Å². The molecule has 0 aliphatic heterocycles. The average Bonchev–Trinajstić information content (AvgIpc) is 3.47. The van der Waals surface area contributed by atoms with Crippen LogP contribution < -0.4 is 0 Å². The Kier molecular flexibility index (Phi) is 5.69. The molecule has 5 rings (SSSR count). The van der Waals surface area contributed by atoms with E-state index in [2.05, 4.69) is 81.8 Å². The highest BCUT2D eigenvalue weighted by atomic mass is 15.3. The minimum absolute atomic E-state index is 0.813. The van der Waals surface area contributed by atoms with E-state index in [9.17, 15) is 0 Å². The largest absolute Gasteiger partial charge is 0.294 e. The Morgan fingerprint density at radius 2 is 1.53 bits per heavy atom. The highest BCUT2D eigenvalue weighted by Gasteiger charge is 2.24. The van der Waals surface area contributed by atoms with Gasteiger partial charge in [-0.3, -0.25) is 13.5 Å². The van der Waals surface area contributed by atoms with Gasteiger partial charge in [0.2, 0.25) is 5.78 Å². The van der Waals surface area contributed by atoms with Crippen LogP contribution in [0.3, 0.4) is 0 Å². The zero-order valence-electron chi connectivity index (χ0n) is 18.9. The van der Waals surface area contributed by atoms with Crippen LogP contribution in [0.25, 0.3) is 51.4 Å². The first-order valence-electron chi connectivity index (χ1n) is 10.9. The van der Waals surface area contributed by atoms with E-state index in [0.29, 0.717) is 0 Å². The molecule has 2 aromatic carbocycles. The molecule has 0 saturated heterocycles. The summed E-state index contributed by atoms with van der Waals surface area (Å²) >= 11 is 0. The second-order valence-corrected chi connectivity index (χ2v) is 7.04. The molecule has 0 aliphatic rings. The normalized spacial score (nSPS) is 11.5. The predicted molar refractivity (Wildman–Crippen MR) is 139 cm³/mol. The van der Waals surface area contributed by atoms with Crippen LogP contribution in [-0.2, 0) is 0 Å². The van der Waals surface area contributed by atoms with Gasteiger partial charge in [0.1, 0.15) is 5.52 Å². The molecule has 0 saturated carbocycles. The summed E-state index contributed by atoms with van der Waals surface area (Å²) in [6, 6.07) is 18.7. The Morgan fingerprint density at radius 3 is 2.16 bits per heavy atom. The molecule has 0 atom stereocenters. The van der Waals surface area contributed by atoms with Crippen LogP contribution in [-0.4, -0.2) is 18.5 Å². The molecule has 0 fully saturated rings. The lowest BCUT2D eigenvalue weighted by Gasteiger charge is -2.07. The van der Waals surface area contributed by atoms with Crippen LogP contribution in [0.15, 0.2) is 86.5 Å². The Labute approximate surface area is 188 Å². The SMILES string of the molecule is C=C/C(=C\C)n1c(C=C)c(C=C)n2c1nc1c3ccccc3n(-c3ccccc3)c12.CC. The first-order chi connectivity index (χ1) is 15.7. The second-order valence-electron chi connectivity index (χ2n) is 7.04. The number of fused-ring (bicyclic) bond motifs is 5. The van der Waals surface area contributed by atoms with E-state index in [0.717, 1.165) is 50.6 Å². The first-order valence-corrected chi connectivity index (χ1v) is 10.9. The highest BCUT2D eigenvalue weighted by molar-refractivity contribution is 6.07. The molecule has 32 heavy (non-hydrogen) atoms. The van der Waals surface area contributed by atoms with E-state index in [1.54, 1.807) is 0 Å². The second kappa shape index (κ2) is 8.60. The van der Waals surface area contributed by atoms with Crippen molar-refractivity contribution < 1.29 is 0 Å². The standard InChI is InChI=1S/C26H22N4.C2H6/c1-5-18(6-2)29-21(7-3)22(8-4)30-25-24(27-26(29)30)20-16-12-13-17-23(20)28(25)19-14-10-9-11-15-19;1-2/h5-17H,1,3-4H2,2H3;1-2H3/b18-6+;. The van der Waals surface area contributed by atoms with Crippen LogP contribution in [0.5, 0.6) is 0 Å². The van der Waals surface area contributed by atoms with Crippen molar-refractivity contribution in [2.24, 2.45) is 0 Å². The van der Waals surface area contributed by atoms with Crippen molar-refractivity contribution in [1.29, 1.82) is 0 Å². The summed E-state index contributed by atoms with van der Waals surface area (Å²) in [4.78, 5) is 5.10. The van der Waals surface area contributed by atoms with Gasteiger partial charge in [0.15, 0.2) is 5.65 Å². The van der Waals surface area contributed by atoms with Crippen molar-refractivity contribution in [2.45, 2.75) is 20.8 Å². The Morgan fingerprint density at radius 1 is 0.875 bits per heavy atom. The number of hydrogen-bond acceptors (Lipinski definition) is 1. The average molecular weight is 421 g/mol. The zero-order valence-corrected chi connectivity index (χ0v) is 18.9. The number of allylic oxidation sites excluding steroid dienone is 3. The molecule has 5 aromatic rings. The van der Waals surface area contributed by atoms with Gasteiger partial charge in [-0.1, -0.05) is 76.1 Å². The van der Waals surface area contributed by atoms with Gasteiger partial charge in [-0.05, 0) is 43.4 Å². The smallest absolute Gasteiger partial charge is 0.221 e. The van der Waals surface area contributed by atoms with Crippen molar-refractivity contribution in [3.63, 3.8) is 0 Å². The zero-order chi connectivity index (χ0) is 22.8. The number of rotatable bonds is 5. The monoisotopic (exact) mass is 420 g/mol. The fraction of sp³-hybridized carbons (Fsp3) is 0.107. The molecule has 0 spiro atoms. The maximum absolute atomic E-state index is 5.10. The topological polar surface area (TPSA) is 27.2 Å². The molecule has 3 aromatic heterocycles. The maximum Gasteiger partial charge on any atom is 0.221 e. The number of nitrogens with zero attached hydrogens (tertiary/aromatic N) is 4. The van der Waals surface area contributed by atoms with E-state index in [1.807, 2.05) is 51.1 Å². The fourth-order valence-corrected chi connectivity index (χ4v) is 4.30. The lowest BCUT2D eigenvalue weighted by atomic mass is 10.2. The van der Waals surface area contributed by atoms with Crippen molar-refractivity contribution in [3.05, 3.63) is 97.9 Å². The quantitative estimate of drug-likeness (QED) is 0.269. The number of para-hydroxylation sites is 2. The van der Waals surface area contributed by atoms with Gasteiger partial charge >= 0.3 is 0 Å². The van der Waals surface area contributed by atoms with Gasteiger partial charge in [-0.15, -0.1) is 0 Å². The lowest BCUT2D eigenvalue weighted by Crippen LogP contribution is -1.98. The molecule has 0 bridgehead atoms. The van der Waals surface area contributed by atoms with Crippen LogP contribution in [0.1, 0.15) is 32.2 Å². The molecule has 0 unspecified atom stereocenters. The highest BCUT2D eigenvalue weighted by Crippen LogP contribution is 2.36. The van der Waals surface area contributed by atoms with Crippen molar-refractivity contribution in [3.8, 4) is 5.69 Å². The van der Waals surface area contributed by atoms with Gasteiger partial charge < -0.3 is 0 Å². The van der Waals surface area contributed by atoms with E-state index < -0.39 is 0 Å². The summed E-state index contributed by atoms with van der Waals surface area (Å²) in [5, 5.41) is 1.11. The minimum atomic E-state index is 0.813. The van der Waals surface area contributed by atoms with Gasteiger partial charge in [-0.25, -0.2) is 4.98 Å². The molecule has 0 radical (unpaired) electrons. The molecule has 0 amide bonds. The minimum Gasteiger partial charge on any atom is -0.294 e. The van der Waals surface area contributed by atoms with Crippen molar-refractivity contribution in [1.82, 2.24) is 18.5 Å². The summed E-state index contributed by atoms with van der Waals surface area (Å²) in [5.74, 6) is 0.813. The molecule has 4 heteroatoms. The summed E-state index contributed by atoms with van der Waals surface area (Å²) in [5.41, 5.74) is 7.00. The summed E-state index contributed by atoms with van der Waals surface area (Å²) in [7, 11) is 0. The van der Waals surface area contributed by atoms with Crippen LogP contribution in [0.4, 0.5) is 0 Å². The number of imidazole rings is 2. The third-order valence-electron chi connectivity index (χ3n) is 5.56. The Hall–Kier alpha value is -4.05. The van der Waals surface area contributed by atoms with Crippen molar-refractivity contribution >= 4 is 45.7 Å². The molecule has 160 valence electrons. The van der Waals surface area contributed by atoms with E-state index in [1.165, 1.54) is 0 Å². The summed E-state index contributed by atoms with van der Waals surface area (Å²) in [6.07, 6.45) is 7.57. The van der Waals surface area contributed by atoms with Crippen molar-refractivity contribution in [2.75, 3.05) is 0 Å². The fourth-order valence-electron chi connectivity index (χ4n) is 4.30. The van der Waals surface area contributed by atoms with Crippen LogP contribution >= 0.6 is 0 Å². The number of hydrogen-bond donors (Lipinski definition) is 0. The van der Waals surface area contributed by atoms with Crippen LogP contribution in [0, 0.1) is 0 Å². The van der Waals surface area contributed by atoms with Crippen LogP contribution in [0.2, 0.25) is 0 Å². The van der Waals surface area contributed by atoms with Gasteiger partial charge in [0.25, 0.3) is 0 Å². The van der Waals surface area contributed by atoms with Gasteiger partial charge in [-0.2, -0.15) is 0 Å². The molecular weight excluding hydrogens is 392 g/mol. The van der Waals surface area contributed by atoms with E-state index in [-0.39, 0.29) is 0 Å². The number of aromatic nitrogens is 4. The summed E-state index contributed by atoms with van der Waals surface area (Å²) < 4.78 is 6.51. The maximum atomic E-state index is 5.10. The third-order valence-corrected chi connectivity index (χ3v) is 5.56. The first kappa shape index (κ1) is 21.2.